The molecule has 1 aliphatic heterocycles. The molecule has 2 aromatic heterocycles. The summed E-state index contributed by atoms with van der Waals surface area (Å²) in [6.07, 6.45) is 0. The average Bonchev–Trinajstić information content (AvgIpc) is 3.33. The smallest absolute Gasteiger partial charge is 0.250 e. The highest BCUT2D eigenvalue weighted by Gasteiger charge is 2.44. The van der Waals surface area contributed by atoms with Gasteiger partial charge in [-0.05, 0) is 44.4 Å². The van der Waals surface area contributed by atoms with Gasteiger partial charge in [0.2, 0.25) is 17.0 Å². The first-order valence-corrected chi connectivity index (χ1v) is 10.5. The standard InChI is InChI=1S/C19H19N5O2S2/c1-11(28-18-21-15(22-23-18)14-9-6-10-27-14)16(25)24-13-8-5-4-7-12(13)20-17(26)19(24,2)3/h4-11H,1-3H3,(H,20,26)(H,21,22,23)/t11-/m1/s1. The van der Waals surface area contributed by atoms with Crippen LogP contribution in [0, 0.1) is 0 Å². The third-order valence-electron chi connectivity index (χ3n) is 4.58. The van der Waals surface area contributed by atoms with Crippen LogP contribution in [0.1, 0.15) is 20.8 Å². The Labute approximate surface area is 170 Å². The first kappa shape index (κ1) is 18.7. The van der Waals surface area contributed by atoms with Crippen molar-refractivity contribution in [1.82, 2.24) is 15.2 Å². The maximum absolute atomic E-state index is 13.3. The van der Waals surface area contributed by atoms with Crippen molar-refractivity contribution in [2.24, 2.45) is 0 Å². The number of amides is 2. The molecule has 1 aromatic carbocycles. The number of aromatic amines is 1. The van der Waals surface area contributed by atoms with Crippen LogP contribution < -0.4 is 10.2 Å². The molecule has 0 spiro atoms. The highest BCUT2D eigenvalue weighted by atomic mass is 32.2. The number of benzene rings is 1. The van der Waals surface area contributed by atoms with Gasteiger partial charge in [0, 0.05) is 0 Å². The second kappa shape index (κ2) is 7.06. The number of thioether (sulfide) groups is 1. The van der Waals surface area contributed by atoms with E-state index >= 15 is 0 Å². The number of thiophene rings is 1. The summed E-state index contributed by atoms with van der Waals surface area (Å²) < 4.78 is 0. The predicted octanol–water partition coefficient (Wildman–Crippen LogP) is 3.78. The number of nitrogens with zero attached hydrogens (tertiary/aromatic N) is 3. The number of hydrogen-bond donors (Lipinski definition) is 2. The van der Waals surface area contributed by atoms with Gasteiger partial charge in [-0.1, -0.05) is 30.0 Å². The number of fused-ring (bicyclic) bond motifs is 1. The van der Waals surface area contributed by atoms with Gasteiger partial charge in [-0.15, -0.1) is 16.4 Å². The number of nitrogens with one attached hydrogen (secondary N) is 2. The van der Waals surface area contributed by atoms with Crippen LogP contribution in [0.5, 0.6) is 0 Å². The molecule has 9 heteroatoms. The van der Waals surface area contributed by atoms with Crippen LogP contribution in [-0.2, 0) is 9.59 Å². The zero-order chi connectivity index (χ0) is 19.9. The Bertz CT molecular complexity index is 1030. The number of carbonyl (C=O) groups excluding carboxylic acids is 2. The van der Waals surface area contributed by atoms with E-state index < -0.39 is 10.8 Å². The van der Waals surface area contributed by atoms with E-state index in [2.05, 4.69) is 20.5 Å². The Balaban J connectivity index is 1.59. The molecule has 1 atom stereocenters. The van der Waals surface area contributed by atoms with Crippen LogP contribution in [0.3, 0.4) is 0 Å². The second-order valence-corrected chi connectivity index (χ2v) is 9.16. The van der Waals surface area contributed by atoms with Gasteiger partial charge in [0.1, 0.15) is 5.54 Å². The Kier molecular flexibility index (Phi) is 4.72. The van der Waals surface area contributed by atoms with Gasteiger partial charge in [0.05, 0.1) is 21.5 Å². The van der Waals surface area contributed by atoms with Gasteiger partial charge >= 0.3 is 0 Å². The summed E-state index contributed by atoms with van der Waals surface area (Å²) in [7, 11) is 0. The summed E-state index contributed by atoms with van der Waals surface area (Å²) in [6.45, 7) is 5.30. The molecule has 0 saturated heterocycles. The molecule has 3 heterocycles. The molecule has 144 valence electrons. The molecule has 2 N–H and O–H groups in total. The quantitative estimate of drug-likeness (QED) is 0.635. The first-order valence-electron chi connectivity index (χ1n) is 8.75. The zero-order valence-corrected chi connectivity index (χ0v) is 17.2. The zero-order valence-electron chi connectivity index (χ0n) is 15.6. The Hall–Kier alpha value is -2.65. The lowest BCUT2D eigenvalue weighted by molar-refractivity contribution is -0.126. The molecule has 0 radical (unpaired) electrons. The summed E-state index contributed by atoms with van der Waals surface area (Å²) >= 11 is 2.84. The van der Waals surface area contributed by atoms with E-state index in [0.29, 0.717) is 22.4 Å². The second-order valence-electron chi connectivity index (χ2n) is 6.91. The van der Waals surface area contributed by atoms with E-state index in [9.17, 15) is 9.59 Å². The molecule has 0 bridgehead atoms. The Morgan fingerprint density at radius 3 is 2.79 bits per heavy atom. The van der Waals surface area contributed by atoms with Crippen LogP contribution in [-0.4, -0.2) is 37.8 Å². The Morgan fingerprint density at radius 2 is 2.04 bits per heavy atom. The fourth-order valence-corrected chi connectivity index (χ4v) is 4.49. The molecule has 1 aliphatic rings. The number of H-pyrrole nitrogens is 1. The number of hydrogen-bond acceptors (Lipinski definition) is 6. The monoisotopic (exact) mass is 413 g/mol. The molecule has 0 aliphatic carbocycles. The van der Waals surface area contributed by atoms with Crippen molar-refractivity contribution in [3.05, 3.63) is 41.8 Å². The maximum Gasteiger partial charge on any atom is 0.250 e. The molecular formula is C19H19N5O2S2. The normalized spacial score (nSPS) is 16.4. The van der Waals surface area contributed by atoms with E-state index in [1.165, 1.54) is 11.8 Å². The number of rotatable bonds is 4. The summed E-state index contributed by atoms with van der Waals surface area (Å²) in [5.74, 6) is 0.301. The van der Waals surface area contributed by atoms with Gasteiger partial charge in [-0.3, -0.25) is 19.6 Å². The third kappa shape index (κ3) is 3.20. The SMILES string of the molecule is C[C@@H](Sc1n[nH]c(-c2cccs2)n1)C(=O)N1c2ccccc2NC(=O)C1(C)C. The lowest BCUT2D eigenvalue weighted by Gasteiger charge is -2.42. The molecule has 28 heavy (non-hydrogen) atoms. The van der Waals surface area contributed by atoms with E-state index in [-0.39, 0.29) is 11.8 Å². The van der Waals surface area contributed by atoms with Crippen molar-refractivity contribution in [3.63, 3.8) is 0 Å². The molecule has 0 saturated carbocycles. The summed E-state index contributed by atoms with van der Waals surface area (Å²) in [4.78, 5) is 32.9. The minimum Gasteiger partial charge on any atom is -0.322 e. The van der Waals surface area contributed by atoms with Crippen LogP contribution in [0.25, 0.3) is 10.7 Å². The van der Waals surface area contributed by atoms with E-state index in [1.807, 2.05) is 35.7 Å². The van der Waals surface area contributed by atoms with Gasteiger partial charge in [0.15, 0.2) is 5.82 Å². The van der Waals surface area contributed by atoms with E-state index in [1.54, 1.807) is 43.1 Å². The van der Waals surface area contributed by atoms with Crippen molar-refractivity contribution < 1.29 is 9.59 Å². The fourth-order valence-electron chi connectivity index (χ4n) is 3.06. The molecule has 0 unspecified atom stereocenters. The van der Waals surface area contributed by atoms with Gasteiger partial charge in [-0.2, -0.15) is 0 Å². The van der Waals surface area contributed by atoms with Crippen LogP contribution in [0.15, 0.2) is 46.9 Å². The van der Waals surface area contributed by atoms with Gasteiger partial charge in [-0.25, -0.2) is 4.98 Å². The lowest BCUT2D eigenvalue weighted by atomic mass is 9.96. The summed E-state index contributed by atoms with van der Waals surface area (Å²) in [5, 5.41) is 12.0. The molecule has 3 aromatic rings. The molecular weight excluding hydrogens is 394 g/mol. The fraction of sp³-hybridized carbons (Fsp3) is 0.263. The molecule has 2 amide bonds. The minimum absolute atomic E-state index is 0.167. The van der Waals surface area contributed by atoms with Crippen molar-refractivity contribution in [3.8, 4) is 10.7 Å². The summed E-state index contributed by atoms with van der Waals surface area (Å²) in [6, 6.07) is 11.2. The lowest BCUT2D eigenvalue weighted by Crippen LogP contribution is -2.60. The van der Waals surface area contributed by atoms with Gasteiger partial charge in [0.25, 0.3) is 0 Å². The Morgan fingerprint density at radius 1 is 1.25 bits per heavy atom. The number of carbonyl (C=O) groups is 2. The predicted molar refractivity (Wildman–Crippen MR) is 112 cm³/mol. The van der Waals surface area contributed by atoms with E-state index in [0.717, 1.165) is 4.88 Å². The average molecular weight is 414 g/mol. The maximum atomic E-state index is 13.3. The number of para-hydroxylation sites is 2. The number of anilines is 2. The molecule has 0 fully saturated rings. The third-order valence-corrected chi connectivity index (χ3v) is 6.40. The van der Waals surface area contributed by atoms with Gasteiger partial charge < -0.3 is 5.32 Å². The van der Waals surface area contributed by atoms with E-state index in [4.69, 9.17) is 0 Å². The van der Waals surface area contributed by atoms with Crippen molar-refractivity contribution in [1.29, 1.82) is 0 Å². The molecule has 4 rings (SSSR count). The number of aromatic nitrogens is 3. The first-order chi connectivity index (χ1) is 13.4. The highest BCUT2D eigenvalue weighted by molar-refractivity contribution is 8.00. The largest absolute Gasteiger partial charge is 0.322 e. The van der Waals surface area contributed by atoms with Crippen molar-refractivity contribution in [2.75, 3.05) is 10.2 Å². The van der Waals surface area contributed by atoms with Crippen molar-refractivity contribution >= 4 is 46.3 Å². The topological polar surface area (TPSA) is 91.0 Å². The van der Waals surface area contributed by atoms with Crippen LogP contribution >= 0.6 is 23.1 Å². The minimum atomic E-state index is -0.999. The summed E-state index contributed by atoms with van der Waals surface area (Å²) in [5.41, 5.74) is 0.329. The van der Waals surface area contributed by atoms with Crippen LogP contribution in [0.2, 0.25) is 0 Å². The van der Waals surface area contributed by atoms with Crippen molar-refractivity contribution in [2.45, 2.75) is 36.7 Å². The van der Waals surface area contributed by atoms with Crippen LogP contribution in [0.4, 0.5) is 11.4 Å². The highest BCUT2D eigenvalue weighted by Crippen LogP contribution is 2.38. The molecule has 7 nitrogen and oxygen atoms in total.